The molecule has 1 aliphatic carbocycles. The van der Waals surface area contributed by atoms with Crippen molar-refractivity contribution in [2.24, 2.45) is 5.92 Å². The van der Waals surface area contributed by atoms with E-state index >= 15 is 0 Å². The lowest BCUT2D eigenvalue weighted by molar-refractivity contribution is -0.127. The van der Waals surface area contributed by atoms with Crippen LogP contribution < -0.4 is 10.1 Å². The number of aromatic nitrogens is 2. The molecule has 8 heteroatoms. The quantitative estimate of drug-likeness (QED) is 0.691. The molecule has 4 rings (SSSR count). The van der Waals surface area contributed by atoms with Crippen LogP contribution >= 0.6 is 0 Å². The van der Waals surface area contributed by atoms with Crippen LogP contribution in [0.3, 0.4) is 0 Å². The van der Waals surface area contributed by atoms with Crippen LogP contribution in [0.2, 0.25) is 0 Å². The summed E-state index contributed by atoms with van der Waals surface area (Å²) in [5.41, 5.74) is 3.91. The van der Waals surface area contributed by atoms with E-state index in [0.717, 1.165) is 35.5 Å². The molecule has 180 valence electrons. The Morgan fingerprint density at radius 2 is 2.03 bits per heavy atom. The maximum absolute atomic E-state index is 13.2. The molecule has 7 nitrogen and oxygen atoms in total. The monoisotopic (exact) mass is 473 g/mol. The predicted molar refractivity (Wildman–Crippen MR) is 129 cm³/mol. The Balaban J connectivity index is 1.56. The SMILES string of the molecule is CCOc1cccc(-c2nn(C(C)C)c3c2CC[C@@H](C(=O)NC2(C)CCS(=O)(=O)CC2)C3)c1. The number of fused-ring (bicyclic) bond motifs is 1. The van der Waals surface area contributed by atoms with Crippen LogP contribution in [0.15, 0.2) is 24.3 Å². The minimum absolute atomic E-state index is 0.0267. The third-order valence-electron chi connectivity index (χ3n) is 6.93. The average molecular weight is 474 g/mol. The van der Waals surface area contributed by atoms with Crippen molar-refractivity contribution < 1.29 is 17.9 Å². The van der Waals surface area contributed by atoms with Crippen molar-refractivity contribution in [3.63, 3.8) is 0 Å². The summed E-state index contributed by atoms with van der Waals surface area (Å²) in [4.78, 5) is 13.2. The molecule has 0 saturated carbocycles. The minimum Gasteiger partial charge on any atom is -0.494 e. The summed E-state index contributed by atoms with van der Waals surface area (Å²) in [7, 11) is -2.97. The first-order chi connectivity index (χ1) is 15.6. The van der Waals surface area contributed by atoms with Crippen LogP contribution in [-0.4, -0.2) is 47.8 Å². The molecule has 1 aromatic heterocycles. The van der Waals surface area contributed by atoms with Crippen molar-refractivity contribution >= 4 is 15.7 Å². The van der Waals surface area contributed by atoms with Gasteiger partial charge in [-0.15, -0.1) is 0 Å². The fourth-order valence-electron chi connectivity index (χ4n) is 4.93. The number of amides is 1. The van der Waals surface area contributed by atoms with Gasteiger partial charge < -0.3 is 10.1 Å². The van der Waals surface area contributed by atoms with Gasteiger partial charge in [-0.2, -0.15) is 5.10 Å². The van der Waals surface area contributed by atoms with Crippen molar-refractivity contribution in [2.75, 3.05) is 18.1 Å². The first-order valence-corrected chi connectivity index (χ1v) is 13.8. The van der Waals surface area contributed by atoms with Gasteiger partial charge in [0.1, 0.15) is 15.6 Å². The summed E-state index contributed by atoms with van der Waals surface area (Å²) < 4.78 is 31.4. The Bertz CT molecular complexity index is 1120. The van der Waals surface area contributed by atoms with E-state index in [0.29, 0.717) is 25.9 Å². The van der Waals surface area contributed by atoms with Gasteiger partial charge in [0, 0.05) is 40.7 Å². The molecule has 0 spiro atoms. The number of nitrogens with one attached hydrogen (secondary N) is 1. The molecule has 1 aliphatic heterocycles. The fraction of sp³-hybridized carbons (Fsp3) is 0.600. The molecule has 2 heterocycles. The highest BCUT2D eigenvalue weighted by Crippen LogP contribution is 2.36. The van der Waals surface area contributed by atoms with E-state index in [9.17, 15) is 13.2 Å². The first-order valence-electron chi connectivity index (χ1n) is 12.0. The Hall–Kier alpha value is -2.35. The van der Waals surface area contributed by atoms with Crippen molar-refractivity contribution in [2.45, 2.75) is 71.4 Å². The Morgan fingerprint density at radius 1 is 1.30 bits per heavy atom. The largest absolute Gasteiger partial charge is 0.494 e. The zero-order valence-corrected chi connectivity index (χ0v) is 20.9. The highest BCUT2D eigenvalue weighted by atomic mass is 32.2. The van der Waals surface area contributed by atoms with Crippen LogP contribution in [0.5, 0.6) is 5.75 Å². The van der Waals surface area contributed by atoms with Gasteiger partial charge in [0.2, 0.25) is 5.91 Å². The molecule has 1 fully saturated rings. The zero-order chi connectivity index (χ0) is 23.8. The number of rotatable bonds is 6. The van der Waals surface area contributed by atoms with Gasteiger partial charge in [-0.1, -0.05) is 12.1 Å². The minimum atomic E-state index is -2.97. The lowest BCUT2D eigenvalue weighted by Gasteiger charge is -2.36. The summed E-state index contributed by atoms with van der Waals surface area (Å²) in [5, 5.41) is 8.16. The molecule has 2 aliphatic rings. The van der Waals surface area contributed by atoms with E-state index in [4.69, 9.17) is 9.84 Å². The topological polar surface area (TPSA) is 90.3 Å². The Morgan fingerprint density at radius 3 is 2.70 bits per heavy atom. The molecule has 1 aromatic carbocycles. The van der Waals surface area contributed by atoms with Crippen molar-refractivity contribution in [3.8, 4) is 17.0 Å². The van der Waals surface area contributed by atoms with E-state index in [1.165, 1.54) is 5.56 Å². The summed E-state index contributed by atoms with van der Waals surface area (Å²) in [6.07, 6.45) is 3.15. The molecule has 0 radical (unpaired) electrons. The summed E-state index contributed by atoms with van der Waals surface area (Å²) in [6.45, 7) is 8.78. The molecule has 1 N–H and O–H groups in total. The smallest absolute Gasteiger partial charge is 0.223 e. The zero-order valence-electron chi connectivity index (χ0n) is 20.1. The number of ether oxygens (including phenoxy) is 1. The average Bonchev–Trinajstić information content (AvgIpc) is 3.16. The maximum Gasteiger partial charge on any atom is 0.223 e. The molecule has 33 heavy (non-hydrogen) atoms. The molecule has 0 bridgehead atoms. The summed E-state index contributed by atoms with van der Waals surface area (Å²) >= 11 is 0. The van der Waals surface area contributed by atoms with E-state index in [1.54, 1.807) is 0 Å². The number of hydrogen-bond donors (Lipinski definition) is 1. The van der Waals surface area contributed by atoms with Crippen LogP contribution in [0.1, 0.15) is 64.3 Å². The number of hydrogen-bond acceptors (Lipinski definition) is 5. The second-order valence-electron chi connectivity index (χ2n) is 9.91. The lowest BCUT2D eigenvalue weighted by atomic mass is 9.84. The molecule has 0 unspecified atom stereocenters. The second kappa shape index (κ2) is 9.12. The van der Waals surface area contributed by atoms with Gasteiger partial charge in [0.15, 0.2) is 0 Å². The second-order valence-corrected chi connectivity index (χ2v) is 12.2. The standard InChI is InChI=1S/C25H35N3O4S/c1-5-32-20-8-6-7-18(15-20)23-21-10-9-19(16-22(21)28(27-23)17(2)3)24(29)26-25(4)11-13-33(30,31)14-12-25/h6-8,15,17,19H,5,9-14,16H2,1-4H3,(H,26,29)/t19-/m1/s1. The van der Waals surface area contributed by atoms with Gasteiger partial charge in [0.25, 0.3) is 0 Å². The summed E-state index contributed by atoms with van der Waals surface area (Å²) in [6, 6.07) is 8.23. The van der Waals surface area contributed by atoms with Crippen molar-refractivity contribution in [1.82, 2.24) is 15.1 Å². The van der Waals surface area contributed by atoms with Crippen LogP contribution in [-0.2, 0) is 27.5 Å². The van der Waals surface area contributed by atoms with Gasteiger partial charge in [0.05, 0.1) is 23.8 Å². The van der Waals surface area contributed by atoms with Gasteiger partial charge in [-0.05, 0) is 65.5 Å². The summed E-state index contributed by atoms with van der Waals surface area (Å²) in [5.74, 6) is 1.01. The number of sulfone groups is 1. The Labute approximate surface area is 196 Å². The third kappa shape index (κ3) is 5.10. The van der Waals surface area contributed by atoms with Crippen LogP contribution in [0.25, 0.3) is 11.3 Å². The van der Waals surface area contributed by atoms with Crippen LogP contribution in [0.4, 0.5) is 0 Å². The van der Waals surface area contributed by atoms with Crippen molar-refractivity contribution in [3.05, 3.63) is 35.5 Å². The first kappa shape index (κ1) is 23.8. The molecule has 1 saturated heterocycles. The number of carbonyl (C=O) groups excluding carboxylic acids is 1. The lowest BCUT2D eigenvalue weighted by Crippen LogP contribution is -2.53. The molecular formula is C25H35N3O4S. The van der Waals surface area contributed by atoms with E-state index in [-0.39, 0.29) is 29.4 Å². The number of carbonyl (C=O) groups is 1. The van der Waals surface area contributed by atoms with E-state index < -0.39 is 15.4 Å². The number of benzene rings is 1. The molecule has 2 aromatic rings. The maximum atomic E-state index is 13.2. The molecule has 1 atom stereocenters. The fourth-order valence-corrected chi connectivity index (χ4v) is 6.66. The van der Waals surface area contributed by atoms with E-state index in [2.05, 4.69) is 29.9 Å². The number of nitrogens with zero attached hydrogens (tertiary/aromatic N) is 2. The third-order valence-corrected chi connectivity index (χ3v) is 8.59. The van der Waals surface area contributed by atoms with Gasteiger partial charge in [-0.3, -0.25) is 9.48 Å². The normalized spacial score (nSPS) is 21.4. The van der Waals surface area contributed by atoms with Crippen molar-refractivity contribution in [1.29, 1.82) is 0 Å². The van der Waals surface area contributed by atoms with Crippen LogP contribution in [0, 0.1) is 5.92 Å². The molecule has 1 amide bonds. The molecular weight excluding hydrogens is 438 g/mol. The Kier molecular flexibility index (Phi) is 6.58. The van der Waals surface area contributed by atoms with E-state index in [1.807, 2.05) is 32.0 Å². The van der Waals surface area contributed by atoms with Gasteiger partial charge in [-0.25, -0.2) is 8.42 Å². The highest BCUT2D eigenvalue weighted by Gasteiger charge is 2.37. The highest BCUT2D eigenvalue weighted by molar-refractivity contribution is 7.91. The predicted octanol–water partition coefficient (Wildman–Crippen LogP) is 3.72. The van der Waals surface area contributed by atoms with Gasteiger partial charge >= 0.3 is 0 Å².